The number of nitrogens with zero attached hydrogens (tertiary/aromatic N) is 1. The molecule has 4 nitrogen and oxygen atoms in total. The van der Waals surface area contributed by atoms with Crippen LogP contribution < -0.4 is 4.74 Å². The number of unbranched alkanes of at least 4 members (excludes halogenated alkanes) is 5. The number of para-hydroxylation sites is 2. The molecule has 2 heterocycles. The topological polar surface area (TPSA) is 40.5 Å². The highest BCUT2D eigenvalue weighted by atomic mass is 16.6. The van der Waals surface area contributed by atoms with E-state index in [1.54, 1.807) is 0 Å². The first-order valence-corrected chi connectivity index (χ1v) is 13.8. The fourth-order valence-electron chi connectivity index (χ4n) is 5.99. The zero-order valence-electron chi connectivity index (χ0n) is 22.3. The average molecular weight is 496 g/mol. The van der Waals surface area contributed by atoms with Gasteiger partial charge in [0.15, 0.2) is 5.60 Å². The Labute approximate surface area is 220 Å². The molecule has 5 rings (SSSR count). The Kier molecular flexibility index (Phi) is 7.36. The number of rotatable bonds is 11. The Morgan fingerprint density at radius 1 is 0.811 bits per heavy atom. The minimum Gasteiger partial charge on any atom is -0.493 e. The first-order valence-electron chi connectivity index (χ1n) is 13.8. The van der Waals surface area contributed by atoms with Gasteiger partial charge in [-0.2, -0.15) is 0 Å². The molecular formula is C33H37NO3. The van der Waals surface area contributed by atoms with Crippen LogP contribution in [0.1, 0.15) is 85.1 Å². The minimum atomic E-state index is -1.09. The summed E-state index contributed by atoms with van der Waals surface area (Å²) < 4.78 is 15.1. The summed E-state index contributed by atoms with van der Waals surface area (Å²) in [5, 5.41) is 1.11. The van der Waals surface area contributed by atoms with Crippen LogP contribution >= 0.6 is 0 Å². The maximum Gasteiger partial charge on any atom is 0.340 e. The quantitative estimate of drug-likeness (QED) is 0.156. The Hall–Kier alpha value is -3.53. The van der Waals surface area contributed by atoms with Crippen LogP contribution in [-0.4, -0.2) is 17.1 Å². The molecule has 0 N–H and O–H groups in total. The van der Waals surface area contributed by atoms with Gasteiger partial charge < -0.3 is 14.0 Å². The summed E-state index contributed by atoms with van der Waals surface area (Å²) in [5.41, 5.74) is 4.59. The number of cyclic esters (lactones) is 1. The molecule has 192 valence electrons. The lowest BCUT2D eigenvalue weighted by atomic mass is 9.78. The number of benzene rings is 3. The number of hydrogen-bond donors (Lipinski definition) is 0. The summed E-state index contributed by atoms with van der Waals surface area (Å²) in [7, 11) is 0. The molecule has 1 atom stereocenters. The molecule has 4 aromatic rings. The van der Waals surface area contributed by atoms with Crippen molar-refractivity contribution in [2.75, 3.05) is 6.61 Å². The molecule has 1 aliphatic heterocycles. The van der Waals surface area contributed by atoms with E-state index < -0.39 is 5.60 Å². The molecule has 0 fully saturated rings. The first kappa shape index (κ1) is 25.1. The van der Waals surface area contributed by atoms with Crippen LogP contribution in [0, 0.1) is 6.92 Å². The number of esters is 1. The van der Waals surface area contributed by atoms with Crippen molar-refractivity contribution in [3.8, 4) is 5.75 Å². The van der Waals surface area contributed by atoms with Crippen molar-refractivity contribution in [3.63, 3.8) is 0 Å². The number of ether oxygens (including phenoxy) is 2. The highest BCUT2D eigenvalue weighted by Gasteiger charge is 2.52. The summed E-state index contributed by atoms with van der Waals surface area (Å²) in [6.45, 7) is 7.88. The number of carbonyl (C=O) groups is 1. The van der Waals surface area contributed by atoms with Gasteiger partial charge in [-0.3, -0.25) is 0 Å². The SMILES string of the molecule is CCCCCCCCn1c(C)c(C2(c3ccccc3OCC)OC(=O)c3ccccc32)c2ccccc21. The van der Waals surface area contributed by atoms with E-state index >= 15 is 0 Å². The van der Waals surface area contributed by atoms with Crippen molar-refractivity contribution in [1.29, 1.82) is 0 Å². The van der Waals surface area contributed by atoms with E-state index in [9.17, 15) is 4.79 Å². The Morgan fingerprint density at radius 3 is 2.30 bits per heavy atom. The summed E-state index contributed by atoms with van der Waals surface area (Å²) in [4.78, 5) is 13.4. The van der Waals surface area contributed by atoms with E-state index in [0.717, 1.165) is 46.5 Å². The predicted octanol–water partition coefficient (Wildman–Crippen LogP) is 8.17. The normalized spacial score (nSPS) is 16.7. The van der Waals surface area contributed by atoms with Gasteiger partial charge in [0, 0.05) is 39.8 Å². The highest BCUT2D eigenvalue weighted by molar-refractivity contribution is 5.99. The number of aryl methyl sites for hydroxylation is 1. The zero-order chi connectivity index (χ0) is 25.8. The van der Waals surface area contributed by atoms with E-state index in [-0.39, 0.29) is 5.97 Å². The number of carbonyl (C=O) groups excluding carboxylic acids is 1. The van der Waals surface area contributed by atoms with Crippen molar-refractivity contribution in [1.82, 2.24) is 4.57 Å². The molecule has 0 radical (unpaired) electrons. The van der Waals surface area contributed by atoms with Gasteiger partial charge in [-0.05, 0) is 38.5 Å². The molecule has 0 amide bonds. The molecule has 0 bridgehead atoms. The van der Waals surface area contributed by atoms with E-state index in [1.165, 1.54) is 37.6 Å². The fraction of sp³-hybridized carbons (Fsp3) is 0.364. The van der Waals surface area contributed by atoms with E-state index in [0.29, 0.717) is 12.2 Å². The van der Waals surface area contributed by atoms with Crippen LogP contribution in [0.3, 0.4) is 0 Å². The van der Waals surface area contributed by atoms with Crippen LogP contribution in [-0.2, 0) is 16.9 Å². The standard InChI is InChI=1S/C33H37NO3/c1-4-6-7-8-9-16-23-34-24(3)31(26-18-11-14-21-29(26)34)33(28-20-13-15-22-30(28)36-5-2)27-19-12-10-17-25(27)32(35)37-33/h10-15,17-22H,4-9,16,23H2,1-3H3. The molecule has 0 spiro atoms. The summed E-state index contributed by atoms with van der Waals surface area (Å²) in [5.74, 6) is 0.440. The molecule has 1 aliphatic rings. The first-order chi connectivity index (χ1) is 18.1. The number of aromatic nitrogens is 1. The molecule has 0 saturated heterocycles. The van der Waals surface area contributed by atoms with Gasteiger partial charge >= 0.3 is 5.97 Å². The predicted molar refractivity (Wildman–Crippen MR) is 149 cm³/mol. The second-order valence-corrected chi connectivity index (χ2v) is 9.94. The molecule has 37 heavy (non-hydrogen) atoms. The zero-order valence-corrected chi connectivity index (χ0v) is 22.3. The average Bonchev–Trinajstić information content (AvgIpc) is 3.38. The summed E-state index contributed by atoms with van der Waals surface area (Å²) >= 11 is 0. The maximum absolute atomic E-state index is 13.4. The maximum atomic E-state index is 13.4. The van der Waals surface area contributed by atoms with Gasteiger partial charge in [0.05, 0.1) is 12.2 Å². The van der Waals surface area contributed by atoms with E-state index in [2.05, 4.69) is 42.7 Å². The second-order valence-electron chi connectivity index (χ2n) is 9.94. The van der Waals surface area contributed by atoms with Crippen LogP contribution in [0.15, 0.2) is 72.8 Å². The largest absolute Gasteiger partial charge is 0.493 e. The lowest BCUT2D eigenvalue weighted by molar-refractivity contribution is 0.0246. The lowest BCUT2D eigenvalue weighted by Gasteiger charge is -2.32. The van der Waals surface area contributed by atoms with E-state index in [1.807, 2.05) is 55.5 Å². The fourth-order valence-corrected chi connectivity index (χ4v) is 5.99. The van der Waals surface area contributed by atoms with Crippen LogP contribution in [0.4, 0.5) is 0 Å². The van der Waals surface area contributed by atoms with Crippen LogP contribution in [0.5, 0.6) is 5.75 Å². The molecule has 0 saturated carbocycles. The van der Waals surface area contributed by atoms with Gasteiger partial charge in [0.25, 0.3) is 0 Å². The van der Waals surface area contributed by atoms with Crippen LogP contribution in [0.25, 0.3) is 10.9 Å². The van der Waals surface area contributed by atoms with Crippen molar-refractivity contribution in [3.05, 3.63) is 101 Å². The summed E-state index contributed by atoms with van der Waals surface area (Å²) in [6, 6.07) is 24.3. The van der Waals surface area contributed by atoms with Crippen molar-refractivity contribution in [2.45, 2.75) is 71.4 Å². The van der Waals surface area contributed by atoms with Crippen molar-refractivity contribution in [2.24, 2.45) is 0 Å². The van der Waals surface area contributed by atoms with Gasteiger partial charge in [0.2, 0.25) is 0 Å². The van der Waals surface area contributed by atoms with Gasteiger partial charge in [-0.15, -0.1) is 0 Å². The third kappa shape index (κ3) is 4.33. The third-order valence-corrected chi connectivity index (χ3v) is 7.66. The Bertz CT molecular complexity index is 1400. The van der Waals surface area contributed by atoms with Gasteiger partial charge in [-0.1, -0.05) is 93.6 Å². The third-order valence-electron chi connectivity index (χ3n) is 7.66. The molecule has 1 aromatic heterocycles. The van der Waals surface area contributed by atoms with Gasteiger partial charge in [-0.25, -0.2) is 4.79 Å². The molecular weight excluding hydrogens is 458 g/mol. The second kappa shape index (κ2) is 10.8. The summed E-state index contributed by atoms with van der Waals surface area (Å²) in [6.07, 6.45) is 7.49. The lowest BCUT2D eigenvalue weighted by Crippen LogP contribution is -2.31. The van der Waals surface area contributed by atoms with Crippen molar-refractivity contribution < 1.29 is 14.3 Å². The Balaban J connectivity index is 1.71. The van der Waals surface area contributed by atoms with Crippen LogP contribution in [0.2, 0.25) is 0 Å². The van der Waals surface area contributed by atoms with Gasteiger partial charge in [0.1, 0.15) is 5.75 Å². The molecule has 1 unspecified atom stereocenters. The molecule has 4 heteroatoms. The number of fused-ring (bicyclic) bond motifs is 2. The smallest absolute Gasteiger partial charge is 0.340 e. The number of hydrogen-bond acceptors (Lipinski definition) is 3. The Morgan fingerprint density at radius 2 is 1.49 bits per heavy atom. The monoisotopic (exact) mass is 495 g/mol. The molecule has 0 aliphatic carbocycles. The minimum absolute atomic E-state index is 0.297. The van der Waals surface area contributed by atoms with E-state index in [4.69, 9.17) is 9.47 Å². The molecule has 3 aromatic carbocycles. The highest BCUT2D eigenvalue weighted by Crippen LogP contribution is 2.53. The van der Waals surface area contributed by atoms with Crippen molar-refractivity contribution >= 4 is 16.9 Å².